The van der Waals surface area contributed by atoms with Gasteiger partial charge in [0.25, 0.3) is 0 Å². The van der Waals surface area contributed by atoms with Crippen LogP contribution in [0, 0.1) is 0 Å². The molecule has 9 heavy (non-hydrogen) atoms. The van der Waals surface area contributed by atoms with Crippen LogP contribution in [0.1, 0.15) is 0 Å². The van der Waals surface area contributed by atoms with Crippen LogP contribution in [0.2, 0.25) is 0 Å². The van der Waals surface area contributed by atoms with Crippen LogP contribution >= 0.6 is 23.2 Å². The summed E-state index contributed by atoms with van der Waals surface area (Å²) < 4.78 is 32.5. The molecule has 0 amide bonds. The first-order valence-electron chi connectivity index (χ1n) is 1.99. The predicted octanol–water partition coefficient (Wildman–Crippen LogP) is 1.71. The molecule has 1 fully saturated rings. The Balaban J connectivity index is 2.75. The molecule has 54 valence electrons. The van der Waals surface area contributed by atoms with Crippen LogP contribution in [0.25, 0.3) is 0 Å². The van der Waals surface area contributed by atoms with E-state index in [9.17, 15) is 8.78 Å². The van der Waals surface area contributed by atoms with Crippen LogP contribution in [0.4, 0.5) is 8.78 Å². The summed E-state index contributed by atoms with van der Waals surface area (Å²) in [5.74, 6) is 0. The van der Waals surface area contributed by atoms with Crippen molar-refractivity contribution in [2.24, 2.45) is 0 Å². The zero-order valence-electron chi connectivity index (χ0n) is 4.04. The van der Waals surface area contributed by atoms with Crippen LogP contribution < -0.4 is 0 Å². The van der Waals surface area contributed by atoms with Crippen LogP contribution in [-0.2, 0) is 9.47 Å². The molecule has 0 aliphatic carbocycles. The first-order valence-corrected chi connectivity index (χ1v) is 2.75. The second-order valence-corrected chi connectivity index (χ2v) is 2.41. The lowest BCUT2D eigenvalue weighted by Crippen LogP contribution is -2.34. The zero-order chi connectivity index (χ0) is 7.12. The summed E-state index contributed by atoms with van der Waals surface area (Å²) in [5.41, 5.74) is 0. The molecule has 2 nitrogen and oxygen atoms in total. The molecule has 0 aromatic rings. The first-order chi connectivity index (χ1) is 3.96. The van der Waals surface area contributed by atoms with E-state index in [4.69, 9.17) is 23.2 Å². The van der Waals surface area contributed by atoms with Crippen molar-refractivity contribution in [2.75, 3.05) is 6.79 Å². The number of halogens is 4. The van der Waals surface area contributed by atoms with Gasteiger partial charge in [-0.2, -0.15) is 8.78 Å². The summed E-state index contributed by atoms with van der Waals surface area (Å²) in [6.45, 7) is -0.583. The molecule has 0 N–H and O–H groups in total. The first kappa shape index (κ1) is 7.47. The highest BCUT2D eigenvalue weighted by Crippen LogP contribution is 2.44. The highest BCUT2D eigenvalue weighted by Gasteiger charge is 2.59. The maximum absolute atomic E-state index is 12.3. The minimum Gasteiger partial charge on any atom is -0.301 e. The minimum absolute atomic E-state index is 0.583. The Kier molecular flexibility index (Phi) is 1.59. The highest BCUT2D eigenvalue weighted by molar-refractivity contribution is 6.32. The van der Waals surface area contributed by atoms with E-state index in [1.165, 1.54) is 0 Å². The standard InChI is InChI=1S/C3H2Cl2F2O2/c4-2(6)3(5,7)9-1-8-2/h1H2. The third-order valence-corrected chi connectivity index (χ3v) is 1.62. The van der Waals surface area contributed by atoms with Gasteiger partial charge in [-0.25, -0.2) is 0 Å². The Bertz CT molecular complexity index is 113. The molecule has 0 saturated carbocycles. The Morgan fingerprint density at radius 1 is 1.11 bits per heavy atom. The normalized spacial score (nSPS) is 52.0. The van der Waals surface area contributed by atoms with Gasteiger partial charge in [-0.3, -0.25) is 0 Å². The number of rotatable bonds is 0. The molecule has 1 aliphatic rings. The largest absolute Gasteiger partial charge is 0.363 e. The van der Waals surface area contributed by atoms with Crippen molar-refractivity contribution in [3.8, 4) is 0 Å². The van der Waals surface area contributed by atoms with Gasteiger partial charge in [0.15, 0.2) is 6.79 Å². The van der Waals surface area contributed by atoms with Crippen LogP contribution in [0.3, 0.4) is 0 Å². The van der Waals surface area contributed by atoms with Crippen molar-refractivity contribution in [3.63, 3.8) is 0 Å². The van der Waals surface area contributed by atoms with Crippen LogP contribution in [0.15, 0.2) is 0 Å². The average molecular weight is 179 g/mol. The number of alkyl halides is 4. The van der Waals surface area contributed by atoms with Crippen molar-refractivity contribution in [2.45, 2.75) is 10.6 Å². The fraction of sp³-hybridized carbons (Fsp3) is 1.00. The lowest BCUT2D eigenvalue weighted by atomic mass is 10.7. The molecule has 0 bridgehead atoms. The molecule has 2 unspecified atom stereocenters. The minimum atomic E-state index is -3.06. The van der Waals surface area contributed by atoms with E-state index in [-0.39, 0.29) is 0 Å². The second-order valence-electron chi connectivity index (χ2n) is 1.44. The van der Waals surface area contributed by atoms with Crippen LogP contribution in [-0.4, -0.2) is 17.4 Å². The van der Waals surface area contributed by atoms with Gasteiger partial charge in [0.1, 0.15) is 0 Å². The molecule has 6 heteroatoms. The predicted molar refractivity (Wildman–Crippen MR) is 26.4 cm³/mol. The summed E-state index contributed by atoms with van der Waals surface area (Å²) in [7, 11) is 0. The van der Waals surface area contributed by atoms with Gasteiger partial charge in [-0.15, -0.1) is 0 Å². The average Bonchev–Trinajstić information content (AvgIpc) is 1.81. The second kappa shape index (κ2) is 1.92. The maximum Gasteiger partial charge on any atom is 0.363 e. The molecular formula is C3H2Cl2F2O2. The molecule has 0 radical (unpaired) electrons. The van der Waals surface area contributed by atoms with E-state index < -0.39 is 17.4 Å². The topological polar surface area (TPSA) is 18.5 Å². The monoisotopic (exact) mass is 178 g/mol. The molecule has 0 aromatic carbocycles. The Morgan fingerprint density at radius 3 is 1.56 bits per heavy atom. The SMILES string of the molecule is FC1(Cl)OCOC1(F)Cl. The summed E-state index contributed by atoms with van der Waals surface area (Å²) >= 11 is 9.48. The number of hydrogen-bond donors (Lipinski definition) is 0. The molecule has 1 saturated heterocycles. The van der Waals surface area contributed by atoms with Crippen molar-refractivity contribution < 1.29 is 18.3 Å². The van der Waals surface area contributed by atoms with Gasteiger partial charge in [-0.1, -0.05) is 0 Å². The van der Waals surface area contributed by atoms with E-state index in [1.807, 2.05) is 0 Å². The number of ether oxygens (including phenoxy) is 2. The molecule has 0 aromatic heterocycles. The summed E-state index contributed by atoms with van der Waals surface area (Å²) in [5, 5.41) is -6.12. The Hall–Kier alpha value is 0.360. The summed E-state index contributed by atoms with van der Waals surface area (Å²) in [4.78, 5) is 0. The molecule has 1 rings (SSSR count). The fourth-order valence-electron chi connectivity index (χ4n) is 0.346. The Morgan fingerprint density at radius 2 is 1.44 bits per heavy atom. The lowest BCUT2D eigenvalue weighted by molar-refractivity contribution is -0.103. The third-order valence-electron chi connectivity index (χ3n) is 0.819. The molecular weight excluding hydrogens is 177 g/mol. The lowest BCUT2D eigenvalue weighted by Gasteiger charge is -2.16. The van der Waals surface area contributed by atoms with E-state index in [2.05, 4.69) is 9.47 Å². The summed E-state index contributed by atoms with van der Waals surface area (Å²) in [6, 6.07) is 0. The molecule has 2 atom stereocenters. The van der Waals surface area contributed by atoms with Crippen molar-refractivity contribution in [1.82, 2.24) is 0 Å². The highest BCUT2D eigenvalue weighted by atomic mass is 35.5. The number of hydrogen-bond acceptors (Lipinski definition) is 2. The van der Waals surface area contributed by atoms with Gasteiger partial charge < -0.3 is 9.47 Å². The van der Waals surface area contributed by atoms with Gasteiger partial charge in [0.05, 0.1) is 0 Å². The van der Waals surface area contributed by atoms with Gasteiger partial charge >= 0.3 is 10.6 Å². The van der Waals surface area contributed by atoms with Crippen molar-refractivity contribution >= 4 is 23.2 Å². The smallest absolute Gasteiger partial charge is 0.301 e. The van der Waals surface area contributed by atoms with Gasteiger partial charge in [0.2, 0.25) is 0 Å². The van der Waals surface area contributed by atoms with Crippen LogP contribution in [0.5, 0.6) is 0 Å². The van der Waals surface area contributed by atoms with E-state index in [0.717, 1.165) is 0 Å². The summed E-state index contributed by atoms with van der Waals surface area (Å²) in [6.07, 6.45) is 0. The van der Waals surface area contributed by atoms with Gasteiger partial charge in [0, 0.05) is 0 Å². The fourth-order valence-corrected chi connectivity index (χ4v) is 0.544. The molecule has 1 heterocycles. The molecule has 0 spiro atoms. The zero-order valence-corrected chi connectivity index (χ0v) is 5.55. The van der Waals surface area contributed by atoms with Gasteiger partial charge in [-0.05, 0) is 23.2 Å². The van der Waals surface area contributed by atoms with Crippen molar-refractivity contribution in [1.29, 1.82) is 0 Å². The maximum atomic E-state index is 12.3. The van der Waals surface area contributed by atoms with E-state index in [1.54, 1.807) is 0 Å². The van der Waals surface area contributed by atoms with E-state index in [0.29, 0.717) is 0 Å². The third kappa shape index (κ3) is 1.12. The quantitative estimate of drug-likeness (QED) is 0.527. The molecule has 1 aliphatic heterocycles. The van der Waals surface area contributed by atoms with Crippen molar-refractivity contribution in [3.05, 3.63) is 0 Å². The Labute approximate surface area is 59.6 Å². The van der Waals surface area contributed by atoms with E-state index >= 15 is 0 Å².